The number of nitrogens with one attached hydrogen (secondary N) is 1. The first-order valence-corrected chi connectivity index (χ1v) is 5.45. The summed E-state index contributed by atoms with van der Waals surface area (Å²) in [5, 5.41) is 17.0. The van der Waals surface area contributed by atoms with Gasteiger partial charge in [0.05, 0.1) is 18.8 Å². The van der Waals surface area contributed by atoms with Crippen molar-refractivity contribution in [2.45, 2.75) is 33.4 Å². The molecule has 0 aliphatic carbocycles. The van der Waals surface area contributed by atoms with Crippen LogP contribution in [0.15, 0.2) is 12.4 Å². The lowest BCUT2D eigenvalue weighted by Gasteiger charge is -2.13. The van der Waals surface area contributed by atoms with E-state index in [1.54, 1.807) is 10.9 Å². The molecular formula is C11H21N3O. The molecule has 1 aromatic rings. The Bertz CT molecular complexity index is 283. The van der Waals surface area contributed by atoms with Crippen LogP contribution in [0.2, 0.25) is 0 Å². The summed E-state index contributed by atoms with van der Waals surface area (Å²) in [6.45, 7) is 8.41. The SMILES string of the molecule is Cc1cnn(CC(O)CNCC(C)C)c1. The molecular weight excluding hydrogens is 190 g/mol. The minimum Gasteiger partial charge on any atom is -0.390 e. The van der Waals surface area contributed by atoms with E-state index in [1.165, 1.54) is 0 Å². The van der Waals surface area contributed by atoms with E-state index in [1.807, 2.05) is 13.1 Å². The summed E-state index contributed by atoms with van der Waals surface area (Å²) < 4.78 is 1.77. The number of aromatic nitrogens is 2. The van der Waals surface area contributed by atoms with Crippen molar-refractivity contribution in [3.05, 3.63) is 18.0 Å². The highest BCUT2D eigenvalue weighted by Gasteiger charge is 2.05. The lowest BCUT2D eigenvalue weighted by Crippen LogP contribution is -2.32. The largest absolute Gasteiger partial charge is 0.390 e. The summed E-state index contributed by atoms with van der Waals surface area (Å²) in [5.41, 5.74) is 1.12. The van der Waals surface area contributed by atoms with Gasteiger partial charge in [-0.05, 0) is 24.9 Å². The Morgan fingerprint density at radius 2 is 2.20 bits per heavy atom. The summed E-state index contributed by atoms with van der Waals surface area (Å²) in [4.78, 5) is 0. The van der Waals surface area contributed by atoms with Gasteiger partial charge in [-0.25, -0.2) is 0 Å². The zero-order valence-electron chi connectivity index (χ0n) is 9.77. The molecule has 1 aromatic heterocycles. The molecule has 1 heterocycles. The monoisotopic (exact) mass is 211 g/mol. The molecule has 1 rings (SSSR count). The van der Waals surface area contributed by atoms with Crippen molar-refractivity contribution in [3.8, 4) is 0 Å². The van der Waals surface area contributed by atoms with Gasteiger partial charge in [0.2, 0.25) is 0 Å². The van der Waals surface area contributed by atoms with Crippen molar-refractivity contribution in [1.82, 2.24) is 15.1 Å². The van der Waals surface area contributed by atoms with Gasteiger partial charge in [0, 0.05) is 12.7 Å². The molecule has 0 radical (unpaired) electrons. The van der Waals surface area contributed by atoms with Gasteiger partial charge in [0.25, 0.3) is 0 Å². The summed E-state index contributed by atoms with van der Waals surface area (Å²) in [7, 11) is 0. The molecule has 0 aliphatic rings. The van der Waals surface area contributed by atoms with E-state index in [-0.39, 0.29) is 6.10 Å². The second-order valence-electron chi connectivity index (χ2n) is 4.45. The molecule has 4 nitrogen and oxygen atoms in total. The van der Waals surface area contributed by atoms with E-state index in [4.69, 9.17) is 0 Å². The zero-order chi connectivity index (χ0) is 11.3. The Hall–Kier alpha value is -0.870. The Kier molecular flexibility index (Phi) is 4.78. The predicted molar refractivity (Wildman–Crippen MR) is 60.7 cm³/mol. The molecule has 2 N–H and O–H groups in total. The van der Waals surface area contributed by atoms with Crippen molar-refractivity contribution in [3.63, 3.8) is 0 Å². The fourth-order valence-electron chi connectivity index (χ4n) is 1.39. The van der Waals surface area contributed by atoms with E-state index in [0.29, 0.717) is 19.0 Å². The van der Waals surface area contributed by atoms with E-state index >= 15 is 0 Å². The Labute approximate surface area is 91.3 Å². The number of aliphatic hydroxyl groups is 1. The van der Waals surface area contributed by atoms with Crippen LogP contribution in [0.4, 0.5) is 0 Å². The van der Waals surface area contributed by atoms with Crippen LogP contribution in [0.25, 0.3) is 0 Å². The molecule has 1 unspecified atom stereocenters. The highest BCUT2D eigenvalue weighted by atomic mass is 16.3. The van der Waals surface area contributed by atoms with E-state index in [9.17, 15) is 5.11 Å². The van der Waals surface area contributed by atoms with Crippen molar-refractivity contribution in [2.24, 2.45) is 5.92 Å². The van der Waals surface area contributed by atoms with Crippen LogP contribution in [0, 0.1) is 12.8 Å². The normalized spacial score (nSPS) is 13.4. The van der Waals surface area contributed by atoms with Gasteiger partial charge in [-0.15, -0.1) is 0 Å². The number of nitrogens with zero attached hydrogens (tertiary/aromatic N) is 2. The van der Waals surface area contributed by atoms with Crippen molar-refractivity contribution < 1.29 is 5.11 Å². The fraction of sp³-hybridized carbons (Fsp3) is 0.727. The number of aliphatic hydroxyl groups excluding tert-OH is 1. The van der Waals surface area contributed by atoms with Gasteiger partial charge < -0.3 is 10.4 Å². The lowest BCUT2D eigenvalue weighted by molar-refractivity contribution is 0.146. The van der Waals surface area contributed by atoms with Gasteiger partial charge in [-0.1, -0.05) is 13.8 Å². The van der Waals surface area contributed by atoms with Crippen molar-refractivity contribution in [1.29, 1.82) is 0 Å². The first-order valence-electron chi connectivity index (χ1n) is 5.45. The smallest absolute Gasteiger partial charge is 0.0860 e. The number of aryl methyl sites for hydroxylation is 1. The summed E-state index contributed by atoms with van der Waals surface area (Å²) in [6, 6.07) is 0. The molecule has 0 bridgehead atoms. The van der Waals surface area contributed by atoms with Crippen molar-refractivity contribution >= 4 is 0 Å². The van der Waals surface area contributed by atoms with Gasteiger partial charge in [0.1, 0.15) is 0 Å². The van der Waals surface area contributed by atoms with Gasteiger partial charge >= 0.3 is 0 Å². The first kappa shape index (κ1) is 12.2. The Morgan fingerprint density at radius 3 is 2.73 bits per heavy atom. The zero-order valence-corrected chi connectivity index (χ0v) is 9.77. The molecule has 0 fully saturated rings. The first-order chi connectivity index (χ1) is 7.08. The topological polar surface area (TPSA) is 50.1 Å². The Balaban J connectivity index is 2.21. The van der Waals surface area contributed by atoms with Crippen molar-refractivity contribution in [2.75, 3.05) is 13.1 Å². The molecule has 0 aromatic carbocycles. The maximum atomic E-state index is 9.70. The van der Waals surface area contributed by atoms with Gasteiger partial charge in [-0.2, -0.15) is 5.10 Å². The van der Waals surface area contributed by atoms with Gasteiger partial charge in [-0.3, -0.25) is 4.68 Å². The third-order valence-corrected chi connectivity index (χ3v) is 2.09. The van der Waals surface area contributed by atoms with Gasteiger partial charge in [0.15, 0.2) is 0 Å². The predicted octanol–water partition coefficient (Wildman–Crippen LogP) is 0.798. The van der Waals surface area contributed by atoms with E-state index < -0.39 is 0 Å². The average Bonchev–Trinajstić information content (AvgIpc) is 2.50. The molecule has 0 aliphatic heterocycles. The number of rotatable bonds is 6. The van der Waals surface area contributed by atoms with Crippen LogP contribution < -0.4 is 5.32 Å². The van der Waals surface area contributed by atoms with Crippen LogP contribution in [0.1, 0.15) is 19.4 Å². The molecule has 0 spiro atoms. The molecule has 4 heteroatoms. The third-order valence-electron chi connectivity index (χ3n) is 2.09. The molecule has 0 saturated heterocycles. The minimum atomic E-state index is -0.372. The van der Waals surface area contributed by atoms with Crippen LogP contribution in [-0.4, -0.2) is 34.1 Å². The molecule has 86 valence electrons. The molecule has 0 amide bonds. The van der Waals surface area contributed by atoms with Crippen LogP contribution in [0.5, 0.6) is 0 Å². The summed E-state index contributed by atoms with van der Waals surface area (Å²) in [6.07, 6.45) is 3.36. The minimum absolute atomic E-state index is 0.372. The fourth-order valence-corrected chi connectivity index (χ4v) is 1.39. The van der Waals surface area contributed by atoms with Crippen LogP contribution in [0.3, 0.4) is 0 Å². The highest BCUT2D eigenvalue weighted by Crippen LogP contribution is 1.96. The maximum Gasteiger partial charge on any atom is 0.0860 e. The summed E-state index contributed by atoms with van der Waals surface area (Å²) >= 11 is 0. The second-order valence-corrected chi connectivity index (χ2v) is 4.45. The van der Waals surface area contributed by atoms with E-state index in [2.05, 4.69) is 24.3 Å². The highest BCUT2D eigenvalue weighted by molar-refractivity contribution is 4.99. The molecule has 15 heavy (non-hydrogen) atoms. The van der Waals surface area contributed by atoms with E-state index in [0.717, 1.165) is 12.1 Å². The standard InChI is InChI=1S/C11H21N3O/c1-9(2)4-12-6-11(15)8-14-7-10(3)5-13-14/h5,7,9,11-12,15H,4,6,8H2,1-3H3. The second kappa shape index (κ2) is 5.88. The number of hydrogen-bond acceptors (Lipinski definition) is 3. The van der Waals surface area contributed by atoms with Crippen LogP contribution in [-0.2, 0) is 6.54 Å². The van der Waals surface area contributed by atoms with Crippen LogP contribution >= 0.6 is 0 Å². The Morgan fingerprint density at radius 1 is 1.47 bits per heavy atom. The lowest BCUT2D eigenvalue weighted by atomic mass is 10.2. The molecule has 0 saturated carbocycles. The summed E-state index contributed by atoms with van der Waals surface area (Å²) in [5.74, 6) is 0.615. The average molecular weight is 211 g/mol. The third kappa shape index (κ3) is 4.95. The number of hydrogen-bond donors (Lipinski definition) is 2. The molecule has 1 atom stereocenters. The maximum absolute atomic E-state index is 9.70. The quantitative estimate of drug-likeness (QED) is 0.731.